The third kappa shape index (κ3) is 40.9. The first-order valence-electron chi connectivity index (χ1n) is 39.8. The molecule has 3 aromatic rings. The van der Waals surface area contributed by atoms with Crippen LogP contribution in [0.3, 0.4) is 0 Å². The summed E-state index contributed by atoms with van der Waals surface area (Å²) >= 11 is -2.91. The molecule has 0 saturated carbocycles. The van der Waals surface area contributed by atoms with E-state index in [1.807, 2.05) is 6.07 Å². The fourth-order valence-corrected chi connectivity index (χ4v) is 27.9. The van der Waals surface area contributed by atoms with Crippen molar-refractivity contribution in [1.82, 2.24) is 37.2 Å². The van der Waals surface area contributed by atoms with Crippen LogP contribution in [-0.2, 0) is 89.2 Å². The van der Waals surface area contributed by atoms with Crippen molar-refractivity contribution in [3.05, 3.63) is 95.6 Å². The van der Waals surface area contributed by atoms with E-state index in [0.29, 0.717) is 17.5 Å². The van der Waals surface area contributed by atoms with Gasteiger partial charge >= 0.3 is 267 Å². The van der Waals surface area contributed by atoms with Gasteiger partial charge in [-0.05, 0) is 174 Å². The fourth-order valence-electron chi connectivity index (χ4n) is 12.0. The summed E-state index contributed by atoms with van der Waals surface area (Å²) in [5.74, 6) is -7.49. The summed E-state index contributed by atoms with van der Waals surface area (Å²) in [6, 6.07) is 14.4. The number of nitrogens with one attached hydrogen (secondary N) is 7. The van der Waals surface area contributed by atoms with Crippen molar-refractivity contribution in [2.45, 2.75) is 338 Å². The average Bonchev–Trinajstić information content (AvgIpc) is 0.802. The van der Waals surface area contributed by atoms with E-state index >= 15 is 0 Å². The maximum absolute atomic E-state index is 14.8. The Morgan fingerprint density at radius 3 is 1.18 bits per heavy atom. The average molecular weight is 1680 g/mol. The van der Waals surface area contributed by atoms with E-state index in [2.05, 4.69) is 70.1 Å². The molecule has 0 aliphatic carbocycles. The Morgan fingerprint density at radius 1 is 0.366 bits per heavy atom. The molecule has 7 amide bonds. The summed E-state index contributed by atoms with van der Waals surface area (Å²) in [5, 5.41) is 19.1. The molecule has 0 fully saturated rings. The zero-order valence-corrected chi connectivity index (χ0v) is 73.6. The second-order valence-electron chi connectivity index (χ2n) is 34.7. The second-order valence-corrected chi connectivity index (χ2v) is 48.0. The number of carbonyl (C=O) groups is 12. The van der Waals surface area contributed by atoms with Crippen molar-refractivity contribution in [2.75, 3.05) is 13.2 Å². The summed E-state index contributed by atoms with van der Waals surface area (Å²) in [5.41, 5.74) is -3.89. The Balaban J connectivity index is 1.87. The molecule has 0 heterocycles. The standard InChI is InChI=1S/C73H106N7O19.3C4H9.Sn/c1-68(2,3)94-57(82)39-36-50(76-60(85)48-29-23-20-24-30-48)62(87)77-51(37-40-58(83)95-69(4,5)6)63(88)78-55(66(91)99-73(16,17)18)44-47-32-34-49(35-33-47)93-45-56(81)75-54(43-46-27-21-19-22-28-46)61(86)74-42-26-25-31-52(64(89)97-71(10,11)12)79-67(92)80-53(65(90)98-72(13,14)15)38-41-59(84)96-70(7,8)9;3*1-3-4-2;/h19,21-24,27-30,32-35,50-55H,25-26,31,36-45H2,1-18H3,(H,74,86)(H,75,81)(H,76,85)(H,77,87)(H,78,88)(H2,79,80,92);3*1,3-4H2,2H3;/t50-,51-,52-,53-,54-,55-;;;;/m0..../s1. The van der Waals surface area contributed by atoms with Crippen LogP contribution in [0.25, 0.3) is 0 Å². The van der Waals surface area contributed by atoms with Gasteiger partial charge in [0.1, 0.15) is 57.9 Å². The van der Waals surface area contributed by atoms with Crippen LogP contribution in [0.5, 0.6) is 5.75 Å². The van der Waals surface area contributed by atoms with Crippen molar-refractivity contribution < 1.29 is 90.7 Å². The predicted octanol–water partition coefficient (Wildman–Crippen LogP) is 11.9. The van der Waals surface area contributed by atoms with Gasteiger partial charge < -0.3 is 49.7 Å². The number of ether oxygens (including phenoxy) is 7. The van der Waals surface area contributed by atoms with Gasteiger partial charge in [-0.1, -0.05) is 42.5 Å². The molecule has 6 atom stereocenters. The number of benzene rings is 3. The van der Waals surface area contributed by atoms with Crippen molar-refractivity contribution in [3.63, 3.8) is 0 Å². The van der Waals surface area contributed by atoms with Crippen molar-refractivity contribution in [1.29, 1.82) is 0 Å². The van der Waals surface area contributed by atoms with Crippen LogP contribution in [0.15, 0.2) is 78.9 Å². The number of amides is 7. The Bertz CT molecular complexity index is 3510. The Hall–Kier alpha value is -8.30. The van der Waals surface area contributed by atoms with Gasteiger partial charge in [0.15, 0.2) is 6.61 Å². The van der Waals surface area contributed by atoms with E-state index in [4.69, 9.17) is 33.2 Å². The number of hydrogen-bond acceptors (Lipinski definition) is 19. The third-order valence-electron chi connectivity index (χ3n) is 17.1. The van der Waals surface area contributed by atoms with Gasteiger partial charge in [-0.3, -0.25) is 19.2 Å². The summed E-state index contributed by atoms with van der Waals surface area (Å²) in [7, 11) is 0. The molecular formula is C85H133N7O19Sn. The minimum absolute atomic E-state index is 0.0550. The molecule has 0 spiro atoms. The van der Waals surface area contributed by atoms with Crippen LogP contribution in [-0.4, -0.2) is 173 Å². The van der Waals surface area contributed by atoms with Crippen LogP contribution in [0.1, 0.15) is 263 Å². The zero-order chi connectivity index (χ0) is 84.4. The first-order chi connectivity index (χ1) is 52.0. The van der Waals surface area contributed by atoms with Crippen molar-refractivity contribution in [3.8, 4) is 5.75 Å². The normalized spacial score (nSPS) is 13.7. The summed E-state index contributed by atoms with van der Waals surface area (Å²) in [6.07, 6.45) is 5.79. The Morgan fingerprint density at radius 2 is 0.750 bits per heavy atom. The number of carbonyl (C=O) groups excluding carboxylic acids is 12. The van der Waals surface area contributed by atoms with Crippen LogP contribution in [0, 0.1) is 0 Å². The number of unbranched alkanes of at least 4 members (excludes halogenated alkanes) is 4. The number of esters is 6. The molecule has 7 N–H and O–H groups in total. The molecule has 0 radical (unpaired) electrons. The maximum atomic E-state index is 14.8. The predicted molar refractivity (Wildman–Crippen MR) is 433 cm³/mol. The van der Waals surface area contributed by atoms with E-state index < -0.39 is 166 Å². The zero-order valence-electron chi connectivity index (χ0n) is 70.8. The Kier molecular flexibility index (Phi) is 40.3. The molecule has 626 valence electrons. The van der Waals surface area contributed by atoms with Crippen molar-refractivity contribution >= 4 is 93.3 Å². The molecule has 0 saturated heterocycles. The van der Waals surface area contributed by atoms with E-state index in [1.165, 1.54) is 16.9 Å². The van der Waals surface area contributed by atoms with E-state index in [-0.39, 0.29) is 76.5 Å². The van der Waals surface area contributed by atoms with Gasteiger partial charge in [0.25, 0.3) is 5.91 Å². The second kappa shape index (κ2) is 46.2. The van der Waals surface area contributed by atoms with E-state index in [9.17, 15) is 57.5 Å². The van der Waals surface area contributed by atoms with Crippen LogP contribution >= 0.6 is 0 Å². The monoisotopic (exact) mass is 1680 g/mol. The molecule has 3 rings (SSSR count). The quantitative estimate of drug-likeness (QED) is 0.0120. The summed E-state index contributed by atoms with van der Waals surface area (Å²) < 4.78 is 44.5. The molecule has 0 aliphatic heterocycles. The fraction of sp³-hybridized carbons (Fsp3) is 0.647. The molecule has 3 aromatic carbocycles. The van der Waals surface area contributed by atoms with Gasteiger partial charge in [-0.25, -0.2) is 19.2 Å². The summed E-state index contributed by atoms with van der Waals surface area (Å²) in [6.45, 7) is 36.5. The number of urea groups is 1. The van der Waals surface area contributed by atoms with Gasteiger partial charge in [-0.2, -0.15) is 0 Å². The molecule has 0 aromatic heterocycles. The minimum atomic E-state index is -2.91. The number of hydrogen-bond donors (Lipinski definition) is 7. The molecule has 0 bridgehead atoms. The molecule has 0 unspecified atom stereocenters. The molecule has 26 nitrogen and oxygen atoms in total. The molecular weight excluding hydrogens is 1540 g/mol. The van der Waals surface area contributed by atoms with Gasteiger partial charge in [0.05, 0.1) is 0 Å². The van der Waals surface area contributed by atoms with E-state index in [1.54, 1.807) is 185 Å². The van der Waals surface area contributed by atoms with Crippen LogP contribution in [0.4, 0.5) is 4.79 Å². The van der Waals surface area contributed by atoms with Gasteiger partial charge in [-0.15, -0.1) is 0 Å². The topological polar surface area (TPSA) is 354 Å². The summed E-state index contributed by atoms with van der Waals surface area (Å²) in [4.78, 5) is 165. The van der Waals surface area contributed by atoms with Gasteiger partial charge in [0.2, 0.25) is 5.91 Å². The van der Waals surface area contributed by atoms with Crippen LogP contribution in [0.2, 0.25) is 13.3 Å². The van der Waals surface area contributed by atoms with Crippen LogP contribution < -0.4 is 45.5 Å². The first kappa shape index (κ1) is 97.9. The number of rotatable bonds is 44. The molecule has 0 aliphatic rings. The third-order valence-corrected chi connectivity index (χ3v) is 32.8. The molecule has 112 heavy (non-hydrogen) atoms. The Labute approximate surface area is 669 Å². The molecule has 27 heteroatoms. The van der Waals surface area contributed by atoms with Gasteiger partial charge in [0, 0.05) is 25.8 Å². The van der Waals surface area contributed by atoms with E-state index in [0.717, 1.165) is 44.1 Å². The van der Waals surface area contributed by atoms with Crippen molar-refractivity contribution in [2.24, 2.45) is 0 Å². The first-order valence-corrected chi connectivity index (χ1v) is 47.2. The SMILES string of the molecule is CCC[CH2][Sn]([CH2]CCC)([CH2]CCC)[c]1ccc(C(=O)N[C@@H](CCC(=O)OC(C)(C)C)C(=O)N[C@@H](CCC(=O)OC(C)(C)C)C(=O)N[C@@H](Cc2ccc(OCC(=O)N[C@@H](Cc3ccccc3)C(=O)NCCCC[C@H](NC(=O)N[C@@H](CCC(=O)OC(C)(C)C)C(=O)OC(C)(C)C)C(=O)OC(C)(C)C)cc2)C(=O)OC(C)(C)C)cc1.